The fourth-order valence-electron chi connectivity index (χ4n) is 2.59. The summed E-state index contributed by atoms with van der Waals surface area (Å²) in [6, 6.07) is 11.9. The first-order valence-corrected chi connectivity index (χ1v) is 7.25. The number of hydrogen-bond donors (Lipinski definition) is 0. The minimum atomic E-state index is 0.685. The molecule has 1 aromatic heterocycles. The second-order valence-corrected chi connectivity index (χ2v) is 5.39. The van der Waals surface area contributed by atoms with E-state index in [1.807, 2.05) is 24.3 Å². The standard InChI is InChI=1S/C16H15ClN4/c17-14-1-3-15(4-2-14)20-7-9-21(10-8-20)16-12-19-6-5-13(16)11-18/h1-6,12H,7-10H2. The summed E-state index contributed by atoms with van der Waals surface area (Å²) in [5.74, 6) is 0. The smallest absolute Gasteiger partial charge is 0.101 e. The van der Waals surface area contributed by atoms with Crippen LogP contribution in [0.3, 0.4) is 0 Å². The predicted octanol–water partition coefficient (Wildman–Crippen LogP) is 2.93. The van der Waals surface area contributed by atoms with Crippen LogP contribution in [0, 0.1) is 11.3 Å². The van der Waals surface area contributed by atoms with Gasteiger partial charge in [0.1, 0.15) is 6.07 Å². The zero-order valence-electron chi connectivity index (χ0n) is 11.5. The van der Waals surface area contributed by atoms with Crippen molar-refractivity contribution in [3.8, 4) is 6.07 Å². The fourth-order valence-corrected chi connectivity index (χ4v) is 2.72. The van der Waals surface area contributed by atoms with Gasteiger partial charge in [0.2, 0.25) is 0 Å². The lowest BCUT2D eigenvalue weighted by molar-refractivity contribution is 0.652. The van der Waals surface area contributed by atoms with E-state index in [1.165, 1.54) is 5.69 Å². The molecule has 0 saturated carbocycles. The van der Waals surface area contributed by atoms with Gasteiger partial charge in [-0.3, -0.25) is 4.98 Å². The molecule has 0 radical (unpaired) electrons. The summed E-state index contributed by atoms with van der Waals surface area (Å²) in [7, 11) is 0. The van der Waals surface area contributed by atoms with Gasteiger partial charge < -0.3 is 9.80 Å². The van der Waals surface area contributed by atoms with E-state index in [9.17, 15) is 5.26 Å². The van der Waals surface area contributed by atoms with Crippen LogP contribution in [0.5, 0.6) is 0 Å². The number of halogens is 1. The zero-order chi connectivity index (χ0) is 14.7. The van der Waals surface area contributed by atoms with Gasteiger partial charge in [-0.2, -0.15) is 5.26 Å². The lowest BCUT2D eigenvalue weighted by atomic mass is 10.2. The molecular weight excluding hydrogens is 284 g/mol. The van der Waals surface area contributed by atoms with Crippen molar-refractivity contribution >= 4 is 23.0 Å². The van der Waals surface area contributed by atoms with Gasteiger partial charge >= 0.3 is 0 Å². The molecule has 0 aliphatic carbocycles. The molecule has 1 fully saturated rings. The molecule has 0 bridgehead atoms. The lowest BCUT2D eigenvalue weighted by Gasteiger charge is -2.37. The Morgan fingerprint density at radius 3 is 2.33 bits per heavy atom. The molecule has 0 amide bonds. The van der Waals surface area contributed by atoms with Crippen molar-refractivity contribution in [2.45, 2.75) is 0 Å². The molecule has 106 valence electrons. The quantitative estimate of drug-likeness (QED) is 0.855. The average molecular weight is 299 g/mol. The minimum Gasteiger partial charge on any atom is -0.368 e. The summed E-state index contributed by atoms with van der Waals surface area (Å²) in [5, 5.41) is 9.93. The molecule has 3 rings (SSSR count). The van der Waals surface area contributed by atoms with E-state index in [4.69, 9.17) is 11.6 Å². The highest BCUT2D eigenvalue weighted by molar-refractivity contribution is 6.30. The van der Waals surface area contributed by atoms with Gasteiger partial charge in [-0.05, 0) is 30.3 Å². The third-order valence-electron chi connectivity index (χ3n) is 3.73. The predicted molar refractivity (Wildman–Crippen MR) is 84.8 cm³/mol. The molecule has 5 heteroatoms. The molecule has 1 aromatic carbocycles. The van der Waals surface area contributed by atoms with Crippen molar-refractivity contribution in [1.82, 2.24) is 4.98 Å². The Balaban J connectivity index is 1.70. The number of piperazine rings is 1. The van der Waals surface area contributed by atoms with E-state index >= 15 is 0 Å². The number of benzene rings is 1. The molecule has 1 aliphatic rings. The number of nitriles is 1. The minimum absolute atomic E-state index is 0.685. The molecule has 2 heterocycles. The van der Waals surface area contributed by atoms with Gasteiger partial charge in [0.05, 0.1) is 17.4 Å². The molecule has 4 nitrogen and oxygen atoms in total. The number of hydrogen-bond acceptors (Lipinski definition) is 4. The van der Waals surface area contributed by atoms with E-state index in [-0.39, 0.29) is 0 Å². The first-order valence-electron chi connectivity index (χ1n) is 6.87. The Kier molecular flexibility index (Phi) is 3.94. The molecule has 0 N–H and O–H groups in total. The second-order valence-electron chi connectivity index (χ2n) is 4.96. The van der Waals surface area contributed by atoms with Crippen LogP contribution in [0.2, 0.25) is 5.02 Å². The van der Waals surface area contributed by atoms with Crippen LogP contribution in [0.15, 0.2) is 42.7 Å². The third kappa shape index (κ3) is 2.93. The van der Waals surface area contributed by atoms with Crippen molar-refractivity contribution < 1.29 is 0 Å². The summed E-state index contributed by atoms with van der Waals surface area (Å²) in [6.45, 7) is 3.59. The first kappa shape index (κ1) is 13.7. The van der Waals surface area contributed by atoms with Crippen molar-refractivity contribution in [2.24, 2.45) is 0 Å². The van der Waals surface area contributed by atoms with Crippen molar-refractivity contribution in [3.63, 3.8) is 0 Å². The van der Waals surface area contributed by atoms with Crippen LogP contribution < -0.4 is 9.80 Å². The summed E-state index contributed by atoms with van der Waals surface area (Å²) < 4.78 is 0. The van der Waals surface area contributed by atoms with Crippen LogP contribution in [0.25, 0.3) is 0 Å². The van der Waals surface area contributed by atoms with E-state index < -0.39 is 0 Å². The van der Waals surface area contributed by atoms with Crippen LogP contribution in [0.4, 0.5) is 11.4 Å². The Morgan fingerprint density at radius 2 is 1.67 bits per heavy atom. The van der Waals surface area contributed by atoms with Gasteiger partial charge in [0.15, 0.2) is 0 Å². The highest BCUT2D eigenvalue weighted by atomic mass is 35.5. The number of aromatic nitrogens is 1. The summed E-state index contributed by atoms with van der Waals surface area (Å²) in [4.78, 5) is 8.68. The van der Waals surface area contributed by atoms with Gasteiger partial charge in [-0.15, -0.1) is 0 Å². The van der Waals surface area contributed by atoms with Gasteiger partial charge in [0, 0.05) is 43.1 Å². The Hall–Kier alpha value is -2.25. The molecule has 0 unspecified atom stereocenters. The van der Waals surface area contributed by atoms with Crippen molar-refractivity contribution in [3.05, 3.63) is 53.3 Å². The van der Waals surface area contributed by atoms with E-state index in [2.05, 4.69) is 20.9 Å². The topological polar surface area (TPSA) is 43.2 Å². The molecule has 0 spiro atoms. The highest BCUT2D eigenvalue weighted by Crippen LogP contribution is 2.23. The Bertz CT molecular complexity index is 655. The largest absolute Gasteiger partial charge is 0.368 e. The summed E-state index contributed by atoms with van der Waals surface area (Å²) in [6.07, 6.45) is 3.43. The maximum absolute atomic E-state index is 9.18. The normalized spacial score (nSPS) is 14.9. The SMILES string of the molecule is N#Cc1ccncc1N1CCN(c2ccc(Cl)cc2)CC1. The molecule has 0 atom stereocenters. The van der Waals surface area contributed by atoms with E-state index in [0.29, 0.717) is 5.56 Å². The Labute approximate surface area is 129 Å². The van der Waals surface area contributed by atoms with Crippen LogP contribution >= 0.6 is 11.6 Å². The van der Waals surface area contributed by atoms with Crippen LogP contribution in [-0.2, 0) is 0 Å². The number of nitrogens with zero attached hydrogens (tertiary/aromatic N) is 4. The summed E-state index contributed by atoms with van der Waals surface area (Å²) >= 11 is 5.92. The van der Waals surface area contributed by atoms with Crippen LogP contribution in [-0.4, -0.2) is 31.2 Å². The number of rotatable bonds is 2. The van der Waals surface area contributed by atoms with Gasteiger partial charge in [-0.25, -0.2) is 0 Å². The molecule has 1 aliphatic heterocycles. The zero-order valence-corrected chi connectivity index (χ0v) is 12.3. The maximum atomic E-state index is 9.18. The molecular formula is C16H15ClN4. The highest BCUT2D eigenvalue weighted by Gasteiger charge is 2.19. The maximum Gasteiger partial charge on any atom is 0.101 e. The second kappa shape index (κ2) is 6.02. The molecule has 21 heavy (non-hydrogen) atoms. The third-order valence-corrected chi connectivity index (χ3v) is 3.98. The number of anilines is 2. The lowest BCUT2D eigenvalue weighted by Crippen LogP contribution is -2.46. The van der Waals surface area contributed by atoms with E-state index in [0.717, 1.165) is 36.9 Å². The summed E-state index contributed by atoms with van der Waals surface area (Å²) in [5.41, 5.74) is 2.80. The van der Waals surface area contributed by atoms with Crippen molar-refractivity contribution in [1.29, 1.82) is 5.26 Å². The first-order chi connectivity index (χ1) is 10.3. The van der Waals surface area contributed by atoms with Crippen molar-refractivity contribution in [2.75, 3.05) is 36.0 Å². The fraction of sp³-hybridized carbons (Fsp3) is 0.250. The Morgan fingerprint density at radius 1 is 1.00 bits per heavy atom. The number of pyridine rings is 1. The van der Waals surface area contributed by atoms with Crippen LogP contribution in [0.1, 0.15) is 5.56 Å². The molecule has 2 aromatic rings. The van der Waals surface area contributed by atoms with E-state index in [1.54, 1.807) is 18.5 Å². The van der Waals surface area contributed by atoms with Gasteiger partial charge in [-0.1, -0.05) is 11.6 Å². The van der Waals surface area contributed by atoms with Gasteiger partial charge in [0.25, 0.3) is 0 Å². The molecule has 1 saturated heterocycles. The average Bonchev–Trinajstić information content (AvgIpc) is 2.56. The monoisotopic (exact) mass is 298 g/mol.